The number of pyridine rings is 1. The van der Waals surface area contributed by atoms with Crippen molar-refractivity contribution in [2.24, 2.45) is 0 Å². The van der Waals surface area contributed by atoms with E-state index in [0.717, 1.165) is 28.3 Å². The lowest BCUT2D eigenvalue weighted by Gasteiger charge is -2.37. The molecule has 264 valence electrons. The molecule has 14 nitrogen and oxygen atoms in total. The Morgan fingerprint density at radius 1 is 1.16 bits per heavy atom. The highest BCUT2D eigenvalue weighted by atomic mass is 35.5. The van der Waals surface area contributed by atoms with E-state index < -0.39 is 29.1 Å². The van der Waals surface area contributed by atoms with Crippen molar-refractivity contribution in [3.8, 4) is 11.6 Å². The Balaban J connectivity index is 1.34. The summed E-state index contributed by atoms with van der Waals surface area (Å²) in [6.45, 7) is 3.11. The van der Waals surface area contributed by atoms with Gasteiger partial charge in [-0.05, 0) is 42.7 Å². The van der Waals surface area contributed by atoms with Crippen LogP contribution in [0.1, 0.15) is 40.8 Å². The summed E-state index contributed by atoms with van der Waals surface area (Å²) < 4.78 is 52.7. The Labute approximate surface area is 287 Å². The highest BCUT2D eigenvalue weighted by Crippen LogP contribution is 2.34. The molecule has 0 bridgehead atoms. The number of anilines is 2. The number of hydrogen-bond acceptors (Lipinski definition) is 10. The number of carbonyl (C=O) groups is 2. The van der Waals surface area contributed by atoms with Gasteiger partial charge in [-0.15, -0.1) is 5.10 Å². The standard InChI is InChI=1S/C32H32ClF3N8O6/c1-3-23-25(41-10-12-42(13-11-41)29(47)20-6-9-37-28(49-2)26(20)46)30(48)44-31(39-27(40-44)18-7-14-50-15-8-18)43(23)17-24(45)38-22-5-4-19(16-21(22)33)32(34,35)36/h4-7,9,16,46H,3,8,10-15,17H2,1-2H3,(H,38,45). The number of methoxy groups -OCH3 is 1. The molecule has 4 aromatic rings. The highest BCUT2D eigenvalue weighted by molar-refractivity contribution is 6.33. The van der Waals surface area contributed by atoms with E-state index in [1.54, 1.807) is 9.47 Å². The molecule has 0 spiro atoms. The number of piperazine rings is 1. The second-order valence-electron chi connectivity index (χ2n) is 11.5. The third kappa shape index (κ3) is 6.69. The first kappa shape index (κ1) is 34.7. The number of carbonyl (C=O) groups excluding carboxylic acids is 2. The van der Waals surface area contributed by atoms with Crippen molar-refractivity contribution in [3.63, 3.8) is 0 Å². The number of nitrogens with one attached hydrogen (secondary N) is 1. The van der Waals surface area contributed by atoms with Crippen LogP contribution in [0.5, 0.6) is 11.6 Å². The Kier molecular flexibility index (Phi) is 9.71. The summed E-state index contributed by atoms with van der Waals surface area (Å²) in [5.41, 5.74) is 0.0773. The topological polar surface area (TPSA) is 156 Å². The Morgan fingerprint density at radius 2 is 1.92 bits per heavy atom. The Morgan fingerprint density at radius 3 is 2.56 bits per heavy atom. The molecule has 1 fully saturated rings. The van der Waals surface area contributed by atoms with E-state index in [1.165, 1.54) is 19.4 Å². The van der Waals surface area contributed by atoms with Crippen LogP contribution in [0.4, 0.5) is 24.5 Å². The quantitative estimate of drug-likeness (QED) is 0.276. The summed E-state index contributed by atoms with van der Waals surface area (Å²) in [7, 11) is 1.33. The van der Waals surface area contributed by atoms with Crippen molar-refractivity contribution in [3.05, 3.63) is 74.6 Å². The van der Waals surface area contributed by atoms with Gasteiger partial charge in [0, 0.05) is 32.4 Å². The molecule has 2 aliphatic heterocycles. The van der Waals surface area contributed by atoms with Crippen molar-refractivity contribution >= 4 is 46.1 Å². The summed E-state index contributed by atoms with van der Waals surface area (Å²) in [4.78, 5) is 52.9. The van der Waals surface area contributed by atoms with Gasteiger partial charge >= 0.3 is 6.18 Å². The zero-order valence-corrected chi connectivity index (χ0v) is 27.7. The van der Waals surface area contributed by atoms with E-state index in [0.29, 0.717) is 31.2 Å². The van der Waals surface area contributed by atoms with Gasteiger partial charge in [0.2, 0.25) is 11.7 Å². The molecule has 2 amide bonds. The molecule has 2 N–H and O–H groups in total. The van der Waals surface area contributed by atoms with Gasteiger partial charge in [-0.2, -0.15) is 22.7 Å². The van der Waals surface area contributed by atoms with Crippen LogP contribution in [0.2, 0.25) is 5.02 Å². The lowest BCUT2D eigenvalue weighted by atomic mass is 10.1. The average Bonchev–Trinajstić information content (AvgIpc) is 3.56. The molecule has 1 aromatic carbocycles. The maximum Gasteiger partial charge on any atom is 0.416 e. The first-order valence-corrected chi connectivity index (χ1v) is 16.0. The molecule has 2 aliphatic rings. The number of rotatable bonds is 8. The third-order valence-electron chi connectivity index (χ3n) is 8.48. The third-order valence-corrected chi connectivity index (χ3v) is 8.79. The largest absolute Gasteiger partial charge is 0.503 e. The van der Waals surface area contributed by atoms with E-state index in [-0.39, 0.29) is 78.5 Å². The van der Waals surface area contributed by atoms with Gasteiger partial charge in [0.05, 0.1) is 47.9 Å². The van der Waals surface area contributed by atoms with Gasteiger partial charge in [0.15, 0.2) is 11.6 Å². The fraction of sp³-hybridized carbons (Fsp3) is 0.375. The van der Waals surface area contributed by atoms with E-state index in [1.807, 2.05) is 17.9 Å². The highest BCUT2D eigenvalue weighted by Gasteiger charge is 2.32. The van der Waals surface area contributed by atoms with Crippen molar-refractivity contribution in [1.82, 2.24) is 29.0 Å². The van der Waals surface area contributed by atoms with Crippen LogP contribution >= 0.6 is 11.6 Å². The second kappa shape index (κ2) is 14.0. The zero-order valence-electron chi connectivity index (χ0n) is 27.0. The van der Waals surface area contributed by atoms with Gasteiger partial charge in [-0.3, -0.25) is 14.4 Å². The van der Waals surface area contributed by atoms with Crippen LogP contribution in [0.3, 0.4) is 0 Å². The molecule has 0 radical (unpaired) electrons. The van der Waals surface area contributed by atoms with Crippen LogP contribution in [-0.4, -0.2) is 92.5 Å². The maximum absolute atomic E-state index is 14.2. The van der Waals surface area contributed by atoms with Crippen LogP contribution in [0.25, 0.3) is 11.4 Å². The predicted octanol–water partition coefficient (Wildman–Crippen LogP) is 3.64. The molecule has 1 saturated heterocycles. The van der Waals surface area contributed by atoms with Gasteiger partial charge in [0.25, 0.3) is 17.3 Å². The number of alkyl halides is 3. The number of hydrogen-bond donors (Lipinski definition) is 2. The normalized spacial score (nSPS) is 15.3. The van der Waals surface area contributed by atoms with E-state index in [4.69, 9.17) is 21.1 Å². The molecule has 0 saturated carbocycles. The number of halogens is 4. The number of aromatic nitrogens is 5. The zero-order chi connectivity index (χ0) is 35.7. The SMILES string of the molecule is CCc1c(N2CCN(C(=O)c3ccnc(OC)c3O)CC2)c(=O)n2nc(C3=CCOCC3)nc2n1CC(=O)Nc1ccc(C(F)(F)F)cc1Cl. The summed E-state index contributed by atoms with van der Waals surface area (Å²) in [5, 5.41) is 17.3. The molecule has 0 aliphatic carbocycles. The predicted molar refractivity (Wildman–Crippen MR) is 176 cm³/mol. The minimum Gasteiger partial charge on any atom is -0.503 e. The fourth-order valence-electron chi connectivity index (χ4n) is 5.98. The van der Waals surface area contributed by atoms with Gasteiger partial charge in [0.1, 0.15) is 12.2 Å². The van der Waals surface area contributed by atoms with Crippen molar-refractivity contribution in [2.45, 2.75) is 32.5 Å². The molecule has 3 aromatic heterocycles. The molecule has 0 unspecified atom stereocenters. The van der Waals surface area contributed by atoms with E-state index in [9.17, 15) is 32.7 Å². The minimum absolute atomic E-state index is 0.0202. The lowest BCUT2D eigenvalue weighted by molar-refractivity contribution is -0.137. The first-order chi connectivity index (χ1) is 23.9. The average molecular weight is 717 g/mol. The lowest BCUT2D eigenvalue weighted by Crippen LogP contribution is -2.51. The number of aromatic hydroxyl groups is 1. The first-order valence-electron chi connectivity index (χ1n) is 15.6. The Bertz CT molecular complexity index is 2060. The molecular weight excluding hydrogens is 685 g/mol. The smallest absolute Gasteiger partial charge is 0.416 e. The summed E-state index contributed by atoms with van der Waals surface area (Å²) in [6, 6.07) is 4.02. The monoisotopic (exact) mass is 716 g/mol. The number of ether oxygens (including phenoxy) is 2. The van der Waals surface area contributed by atoms with Crippen molar-refractivity contribution < 1.29 is 37.3 Å². The molecule has 50 heavy (non-hydrogen) atoms. The summed E-state index contributed by atoms with van der Waals surface area (Å²) in [6.07, 6.45) is -0.630. The van der Waals surface area contributed by atoms with E-state index in [2.05, 4.69) is 20.4 Å². The van der Waals surface area contributed by atoms with Gasteiger partial charge in [-0.1, -0.05) is 24.6 Å². The van der Waals surface area contributed by atoms with Crippen molar-refractivity contribution in [2.75, 3.05) is 56.7 Å². The maximum atomic E-state index is 14.2. The molecule has 18 heteroatoms. The van der Waals surface area contributed by atoms with Gasteiger partial charge < -0.3 is 34.3 Å². The van der Waals surface area contributed by atoms with Crippen molar-refractivity contribution in [1.29, 1.82) is 0 Å². The van der Waals surface area contributed by atoms with Crippen LogP contribution in [-0.2, 0) is 28.7 Å². The number of benzene rings is 1. The number of amides is 2. The van der Waals surface area contributed by atoms with Gasteiger partial charge in [-0.25, -0.2) is 4.98 Å². The minimum atomic E-state index is -4.61. The summed E-state index contributed by atoms with van der Waals surface area (Å²) in [5.74, 6) is -1.12. The van der Waals surface area contributed by atoms with Crippen LogP contribution < -0.4 is 20.5 Å². The fourth-order valence-corrected chi connectivity index (χ4v) is 6.21. The number of nitrogens with zero attached hydrogens (tertiary/aromatic N) is 7. The molecular formula is C32H32ClF3N8O6. The van der Waals surface area contributed by atoms with Crippen LogP contribution in [0, 0.1) is 0 Å². The second-order valence-corrected chi connectivity index (χ2v) is 11.9. The van der Waals surface area contributed by atoms with Crippen LogP contribution in [0.15, 0.2) is 41.3 Å². The molecule has 6 rings (SSSR count). The molecule has 0 atom stereocenters. The molecule has 5 heterocycles. The Hall–Kier alpha value is -5.16. The summed E-state index contributed by atoms with van der Waals surface area (Å²) >= 11 is 6.11. The van der Waals surface area contributed by atoms with E-state index >= 15 is 0 Å². The number of fused-ring (bicyclic) bond motifs is 1.